The molecule has 0 spiro atoms. The van der Waals surface area contributed by atoms with Crippen molar-refractivity contribution >= 4 is 0 Å². The molecule has 0 heterocycles. The standard InChI is InChI=1S/C14H14FNO/c15-13-7-3-1-6-12(13)10-17-14-8-4-2-5-11(14)9-16/h1-8H,9-10,16H2. The van der Waals surface area contributed by atoms with E-state index in [1.165, 1.54) is 6.07 Å². The predicted molar refractivity (Wildman–Crippen MR) is 65.1 cm³/mol. The Bertz CT molecular complexity index is 499. The van der Waals surface area contributed by atoms with E-state index >= 15 is 0 Å². The highest BCUT2D eigenvalue weighted by atomic mass is 19.1. The van der Waals surface area contributed by atoms with Crippen molar-refractivity contribution < 1.29 is 9.13 Å². The zero-order chi connectivity index (χ0) is 12.1. The highest BCUT2D eigenvalue weighted by Crippen LogP contribution is 2.19. The zero-order valence-electron chi connectivity index (χ0n) is 9.40. The second-order valence-corrected chi connectivity index (χ2v) is 3.69. The van der Waals surface area contributed by atoms with Crippen LogP contribution in [0.2, 0.25) is 0 Å². The van der Waals surface area contributed by atoms with Gasteiger partial charge in [0.15, 0.2) is 0 Å². The van der Waals surface area contributed by atoms with Crippen LogP contribution in [-0.4, -0.2) is 0 Å². The van der Waals surface area contributed by atoms with E-state index in [1.54, 1.807) is 18.2 Å². The van der Waals surface area contributed by atoms with Gasteiger partial charge in [0.25, 0.3) is 0 Å². The Labute approximate surface area is 99.8 Å². The lowest BCUT2D eigenvalue weighted by Gasteiger charge is -2.10. The van der Waals surface area contributed by atoms with Crippen molar-refractivity contribution in [2.24, 2.45) is 5.73 Å². The molecule has 0 fully saturated rings. The molecule has 2 rings (SSSR count). The summed E-state index contributed by atoms with van der Waals surface area (Å²) in [6.45, 7) is 0.622. The van der Waals surface area contributed by atoms with Gasteiger partial charge in [-0.3, -0.25) is 0 Å². The van der Waals surface area contributed by atoms with Crippen molar-refractivity contribution in [2.75, 3.05) is 0 Å². The Balaban J connectivity index is 2.10. The maximum atomic E-state index is 13.4. The molecule has 88 valence electrons. The molecule has 0 radical (unpaired) electrons. The molecular formula is C14H14FNO. The number of rotatable bonds is 4. The molecule has 0 atom stereocenters. The minimum Gasteiger partial charge on any atom is -0.488 e. The minimum atomic E-state index is -0.252. The first kappa shape index (κ1) is 11.6. The van der Waals surface area contributed by atoms with Gasteiger partial charge in [0, 0.05) is 17.7 Å². The van der Waals surface area contributed by atoms with Crippen LogP contribution >= 0.6 is 0 Å². The molecule has 0 bridgehead atoms. The molecular weight excluding hydrogens is 217 g/mol. The lowest BCUT2D eigenvalue weighted by atomic mass is 10.2. The Morgan fingerprint density at radius 3 is 2.29 bits per heavy atom. The third-order valence-corrected chi connectivity index (χ3v) is 2.53. The van der Waals surface area contributed by atoms with Crippen molar-refractivity contribution in [1.29, 1.82) is 0 Å². The van der Waals surface area contributed by atoms with Crippen molar-refractivity contribution in [3.63, 3.8) is 0 Å². The van der Waals surface area contributed by atoms with E-state index < -0.39 is 0 Å². The Kier molecular flexibility index (Phi) is 3.73. The van der Waals surface area contributed by atoms with Gasteiger partial charge in [-0.2, -0.15) is 0 Å². The second kappa shape index (κ2) is 5.46. The van der Waals surface area contributed by atoms with Crippen molar-refractivity contribution in [1.82, 2.24) is 0 Å². The summed E-state index contributed by atoms with van der Waals surface area (Å²) in [6, 6.07) is 14.1. The Hall–Kier alpha value is -1.87. The quantitative estimate of drug-likeness (QED) is 0.878. The summed E-state index contributed by atoms with van der Waals surface area (Å²) in [5, 5.41) is 0. The smallest absolute Gasteiger partial charge is 0.129 e. The molecule has 0 aromatic heterocycles. The van der Waals surface area contributed by atoms with Crippen LogP contribution in [0.4, 0.5) is 4.39 Å². The first-order chi connectivity index (χ1) is 8.31. The van der Waals surface area contributed by atoms with E-state index in [1.807, 2.05) is 24.3 Å². The highest BCUT2D eigenvalue weighted by Gasteiger charge is 2.04. The van der Waals surface area contributed by atoms with E-state index in [0.29, 0.717) is 17.9 Å². The van der Waals surface area contributed by atoms with Crippen molar-refractivity contribution in [3.05, 3.63) is 65.5 Å². The molecule has 0 aliphatic carbocycles. The van der Waals surface area contributed by atoms with E-state index in [9.17, 15) is 4.39 Å². The van der Waals surface area contributed by atoms with Crippen LogP contribution in [0.15, 0.2) is 48.5 Å². The van der Waals surface area contributed by atoms with E-state index in [2.05, 4.69) is 0 Å². The third-order valence-electron chi connectivity index (χ3n) is 2.53. The van der Waals surface area contributed by atoms with E-state index in [-0.39, 0.29) is 12.4 Å². The first-order valence-electron chi connectivity index (χ1n) is 5.45. The molecule has 2 nitrogen and oxygen atoms in total. The molecule has 0 saturated carbocycles. The fourth-order valence-electron chi connectivity index (χ4n) is 1.58. The molecule has 0 aliphatic heterocycles. The van der Waals surface area contributed by atoms with Gasteiger partial charge < -0.3 is 10.5 Å². The average molecular weight is 231 g/mol. The largest absolute Gasteiger partial charge is 0.488 e. The molecule has 0 unspecified atom stereocenters. The summed E-state index contributed by atoms with van der Waals surface area (Å²) in [5.41, 5.74) is 7.06. The lowest BCUT2D eigenvalue weighted by Crippen LogP contribution is -2.03. The Morgan fingerprint density at radius 2 is 1.59 bits per heavy atom. The number of halogens is 1. The van der Waals surface area contributed by atoms with Gasteiger partial charge in [-0.15, -0.1) is 0 Å². The van der Waals surface area contributed by atoms with Gasteiger partial charge in [-0.1, -0.05) is 36.4 Å². The van der Waals surface area contributed by atoms with Crippen molar-refractivity contribution in [3.8, 4) is 5.75 Å². The topological polar surface area (TPSA) is 35.2 Å². The maximum absolute atomic E-state index is 13.4. The fraction of sp³-hybridized carbons (Fsp3) is 0.143. The highest BCUT2D eigenvalue weighted by molar-refractivity contribution is 5.33. The van der Waals surface area contributed by atoms with E-state index in [0.717, 1.165) is 5.56 Å². The number of hydrogen-bond acceptors (Lipinski definition) is 2. The third kappa shape index (κ3) is 2.82. The number of nitrogens with two attached hydrogens (primary N) is 1. The van der Waals surface area contributed by atoms with Crippen LogP contribution in [0.1, 0.15) is 11.1 Å². The number of para-hydroxylation sites is 1. The number of hydrogen-bond donors (Lipinski definition) is 1. The molecule has 17 heavy (non-hydrogen) atoms. The minimum absolute atomic E-state index is 0.212. The monoisotopic (exact) mass is 231 g/mol. The van der Waals surface area contributed by atoms with Gasteiger partial charge >= 0.3 is 0 Å². The maximum Gasteiger partial charge on any atom is 0.129 e. The molecule has 2 aromatic rings. The number of ether oxygens (including phenoxy) is 1. The van der Waals surface area contributed by atoms with Crippen molar-refractivity contribution in [2.45, 2.75) is 13.2 Å². The summed E-state index contributed by atoms with van der Waals surface area (Å²) in [7, 11) is 0. The molecule has 0 aliphatic rings. The van der Waals surface area contributed by atoms with Crippen LogP contribution < -0.4 is 10.5 Å². The summed E-state index contributed by atoms with van der Waals surface area (Å²) >= 11 is 0. The normalized spacial score (nSPS) is 10.2. The van der Waals surface area contributed by atoms with Crippen LogP contribution in [-0.2, 0) is 13.2 Å². The number of benzene rings is 2. The Morgan fingerprint density at radius 1 is 0.941 bits per heavy atom. The van der Waals surface area contributed by atoms with Crippen LogP contribution in [0.25, 0.3) is 0 Å². The predicted octanol–water partition coefficient (Wildman–Crippen LogP) is 2.86. The summed E-state index contributed by atoms with van der Waals surface area (Å²) in [5.74, 6) is 0.455. The average Bonchev–Trinajstić information content (AvgIpc) is 2.38. The SMILES string of the molecule is NCc1ccccc1OCc1ccccc1F. The van der Waals surface area contributed by atoms with Gasteiger partial charge in [-0.25, -0.2) is 4.39 Å². The molecule has 3 heteroatoms. The molecule has 2 N–H and O–H groups in total. The second-order valence-electron chi connectivity index (χ2n) is 3.69. The summed E-state index contributed by atoms with van der Waals surface area (Å²) < 4.78 is 18.9. The van der Waals surface area contributed by atoms with E-state index in [4.69, 9.17) is 10.5 Å². The van der Waals surface area contributed by atoms with Gasteiger partial charge in [-0.05, 0) is 12.1 Å². The fourth-order valence-corrected chi connectivity index (χ4v) is 1.58. The van der Waals surface area contributed by atoms with Crippen LogP contribution in [0.5, 0.6) is 5.75 Å². The van der Waals surface area contributed by atoms with Crippen LogP contribution in [0, 0.1) is 5.82 Å². The molecule has 0 amide bonds. The summed E-state index contributed by atoms with van der Waals surface area (Å²) in [6.07, 6.45) is 0. The molecule has 0 saturated heterocycles. The van der Waals surface area contributed by atoms with Crippen LogP contribution in [0.3, 0.4) is 0 Å². The lowest BCUT2D eigenvalue weighted by molar-refractivity contribution is 0.297. The van der Waals surface area contributed by atoms with Gasteiger partial charge in [0.2, 0.25) is 0 Å². The summed E-state index contributed by atoms with van der Waals surface area (Å²) in [4.78, 5) is 0. The first-order valence-corrected chi connectivity index (χ1v) is 5.45. The zero-order valence-corrected chi connectivity index (χ0v) is 9.40. The van der Waals surface area contributed by atoms with Gasteiger partial charge in [0.05, 0.1) is 0 Å². The molecule has 2 aromatic carbocycles. The van der Waals surface area contributed by atoms with Gasteiger partial charge in [0.1, 0.15) is 18.2 Å².